The first-order chi connectivity index (χ1) is 15.5. The van der Waals surface area contributed by atoms with Gasteiger partial charge in [-0.05, 0) is 24.6 Å². The summed E-state index contributed by atoms with van der Waals surface area (Å²) in [4.78, 5) is 39.3. The highest BCUT2D eigenvalue weighted by atomic mass is 16.6. The van der Waals surface area contributed by atoms with Crippen molar-refractivity contribution in [3.63, 3.8) is 0 Å². The smallest absolute Gasteiger partial charge is 0.338 e. The summed E-state index contributed by atoms with van der Waals surface area (Å²) >= 11 is 0. The van der Waals surface area contributed by atoms with E-state index in [4.69, 9.17) is 14.2 Å². The molecule has 3 aliphatic heterocycles. The Hall–Kier alpha value is -4.01. The fourth-order valence-electron chi connectivity index (χ4n) is 3.95. The van der Waals surface area contributed by atoms with E-state index in [-0.39, 0.29) is 13.2 Å². The quantitative estimate of drug-likeness (QED) is 0.714. The van der Waals surface area contributed by atoms with Crippen LogP contribution in [0.1, 0.15) is 17.2 Å². The zero-order valence-corrected chi connectivity index (χ0v) is 17.3. The number of ether oxygens (including phenoxy) is 3. The van der Waals surface area contributed by atoms with Gasteiger partial charge in [0.05, 0.1) is 17.3 Å². The van der Waals surface area contributed by atoms with E-state index >= 15 is 0 Å². The molecule has 0 unspecified atom stereocenters. The van der Waals surface area contributed by atoms with Crippen LogP contribution in [-0.2, 0) is 14.3 Å². The van der Waals surface area contributed by atoms with Gasteiger partial charge in [-0.1, -0.05) is 29.8 Å². The molecule has 0 aromatic heterocycles. The molecule has 2 aromatic carbocycles. The van der Waals surface area contributed by atoms with Gasteiger partial charge >= 0.3 is 12.0 Å². The maximum atomic E-state index is 12.9. The first-order valence-electron chi connectivity index (χ1n) is 10.2. The average Bonchev–Trinajstić information content (AvgIpc) is 3.17. The van der Waals surface area contributed by atoms with E-state index in [0.29, 0.717) is 41.7 Å². The predicted octanol–water partition coefficient (Wildman–Crippen LogP) is 2.28. The molecule has 2 N–H and O–H groups in total. The summed E-state index contributed by atoms with van der Waals surface area (Å²) in [6, 6.07) is 11.5. The summed E-state index contributed by atoms with van der Waals surface area (Å²) in [7, 11) is 0. The summed E-state index contributed by atoms with van der Waals surface area (Å²) in [5.74, 6) is 0.244. The summed E-state index contributed by atoms with van der Waals surface area (Å²) in [5, 5.41) is 5.58. The van der Waals surface area contributed by atoms with Gasteiger partial charge in [0.1, 0.15) is 26.4 Å². The molecule has 0 radical (unpaired) electrons. The number of anilines is 1. The third kappa shape index (κ3) is 3.62. The molecule has 164 valence electrons. The number of hydrogen-bond acceptors (Lipinski definition) is 6. The van der Waals surface area contributed by atoms with E-state index in [2.05, 4.69) is 10.6 Å². The molecule has 3 amide bonds. The van der Waals surface area contributed by atoms with E-state index in [1.807, 2.05) is 31.2 Å². The molecule has 3 heterocycles. The lowest BCUT2D eigenvalue weighted by Gasteiger charge is -2.32. The number of fused-ring (bicyclic) bond motifs is 1. The van der Waals surface area contributed by atoms with E-state index in [0.717, 1.165) is 11.1 Å². The molecule has 1 atom stereocenters. The van der Waals surface area contributed by atoms with Crippen LogP contribution in [0.15, 0.2) is 53.7 Å². The number of esters is 1. The standard InChI is InChI=1S/C23H21N3O6/c1-13-2-4-14(5-3-13)21-20-16(12-32-22(20)28)26(23(29)25-21)11-19(27)24-15-6-7-17-18(10-15)31-9-8-30-17/h2-7,10,21H,8-9,11-12H2,1H3,(H,24,27)(H,25,29)/t21-/m0/s1. The molecule has 9 nitrogen and oxygen atoms in total. The number of cyclic esters (lactones) is 1. The average molecular weight is 435 g/mol. The molecule has 0 bridgehead atoms. The zero-order chi connectivity index (χ0) is 22.2. The van der Waals surface area contributed by atoms with Crippen molar-refractivity contribution >= 4 is 23.6 Å². The second kappa shape index (κ2) is 7.92. The van der Waals surface area contributed by atoms with Gasteiger partial charge < -0.3 is 24.8 Å². The second-order valence-corrected chi connectivity index (χ2v) is 7.72. The fourth-order valence-corrected chi connectivity index (χ4v) is 3.95. The van der Waals surface area contributed by atoms with Gasteiger partial charge in [0, 0.05) is 11.8 Å². The number of carbonyl (C=O) groups is 3. The Bertz CT molecular complexity index is 1140. The van der Waals surface area contributed by atoms with Crippen molar-refractivity contribution in [2.75, 3.05) is 31.7 Å². The minimum atomic E-state index is -0.620. The third-order valence-corrected chi connectivity index (χ3v) is 5.54. The Balaban J connectivity index is 1.36. The van der Waals surface area contributed by atoms with Crippen LogP contribution in [0, 0.1) is 6.92 Å². The molecule has 5 rings (SSSR count). The minimum absolute atomic E-state index is 0.0543. The molecule has 0 spiro atoms. The number of urea groups is 1. The van der Waals surface area contributed by atoms with Crippen LogP contribution in [0.4, 0.5) is 10.5 Å². The third-order valence-electron chi connectivity index (χ3n) is 5.54. The first-order valence-corrected chi connectivity index (χ1v) is 10.2. The van der Waals surface area contributed by atoms with Gasteiger partial charge in [-0.25, -0.2) is 9.59 Å². The first kappa shape index (κ1) is 19.9. The van der Waals surface area contributed by atoms with E-state index < -0.39 is 23.9 Å². The van der Waals surface area contributed by atoms with Crippen molar-refractivity contribution in [2.45, 2.75) is 13.0 Å². The summed E-state index contributed by atoms with van der Waals surface area (Å²) < 4.78 is 16.2. The monoisotopic (exact) mass is 435 g/mol. The molecule has 0 saturated carbocycles. The Labute approximate surface area is 183 Å². The number of carbonyl (C=O) groups excluding carboxylic acids is 3. The van der Waals surface area contributed by atoms with Gasteiger partial charge in [-0.2, -0.15) is 0 Å². The number of aryl methyl sites for hydroxylation is 1. The van der Waals surface area contributed by atoms with Gasteiger partial charge in [0.2, 0.25) is 5.91 Å². The molecular formula is C23H21N3O6. The Morgan fingerprint density at radius 1 is 1.06 bits per heavy atom. The maximum Gasteiger partial charge on any atom is 0.338 e. The molecule has 9 heteroatoms. The van der Waals surface area contributed by atoms with Crippen LogP contribution < -0.4 is 20.1 Å². The number of amides is 3. The lowest BCUT2D eigenvalue weighted by Crippen LogP contribution is -2.49. The Morgan fingerprint density at radius 3 is 2.59 bits per heavy atom. The summed E-state index contributed by atoms with van der Waals surface area (Å²) in [6.07, 6.45) is 0. The molecular weight excluding hydrogens is 414 g/mol. The van der Waals surface area contributed by atoms with Crippen molar-refractivity contribution in [1.29, 1.82) is 0 Å². The van der Waals surface area contributed by atoms with E-state index in [9.17, 15) is 14.4 Å². The van der Waals surface area contributed by atoms with Crippen molar-refractivity contribution < 1.29 is 28.6 Å². The van der Waals surface area contributed by atoms with Crippen molar-refractivity contribution in [3.05, 3.63) is 64.9 Å². The molecule has 3 aliphatic rings. The van der Waals surface area contributed by atoms with Crippen LogP contribution in [0.5, 0.6) is 11.5 Å². The molecule has 0 fully saturated rings. The van der Waals surface area contributed by atoms with Gasteiger partial charge in [-0.15, -0.1) is 0 Å². The SMILES string of the molecule is Cc1ccc([C@@H]2NC(=O)N(CC(=O)Nc3ccc4c(c3)OCCO4)C3=C2C(=O)OC3)cc1. The van der Waals surface area contributed by atoms with Crippen LogP contribution in [0.3, 0.4) is 0 Å². The number of nitrogens with zero attached hydrogens (tertiary/aromatic N) is 1. The van der Waals surface area contributed by atoms with Gasteiger partial charge in [-0.3, -0.25) is 9.69 Å². The van der Waals surface area contributed by atoms with E-state index in [1.165, 1.54) is 4.90 Å². The van der Waals surface area contributed by atoms with Crippen LogP contribution >= 0.6 is 0 Å². The van der Waals surface area contributed by atoms with E-state index in [1.54, 1.807) is 18.2 Å². The van der Waals surface area contributed by atoms with Crippen molar-refractivity contribution in [2.24, 2.45) is 0 Å². The fraction of sp³-hybridized carbons (Fsp3) is 0.261. The maximum absolute atomic E-state index is 12.9. The van der Waals surface area contributed by atoms with Crippen molar-refractivity contribution in [1.82, 2.24) is 10.2 Å². The molecule has 32 heavy (non-hydrogen) atoms. The molecule has 0 aliphatic carbocycles. The van der Waals surface area contributed by atoms with Crippen molar-refractivity contribution in [3.8, 4) is 11.5 Å². The molecule has 2 aromatic rings. The zero-order valence-electron chi connectivity index (χ0n) is 17.3. The summed E-state index contributed by atoms with van der Waals surface area (Å²) in [6.45, 7) is 2.55. The topological polar surface area (TPSA) is 106 Å². The minimum Gasteiger partial charge on any atom is -0.486 e. The van der Waals surface area contributed by atoms with Crippen LogP contribution in [0.2, 0.25) is 0 Å². The largest absolute Gasteiger partial charge is 0.486 e. The lowest BCUT2D eigenvalue weighted by atomic mass is 9.95. The predicted molar refractivity (Wildman–Crippen MR) is 113 cm³/mol. The number of rotatable bonds is 4. The van der Waals surface area contributed by atoms with Crippen LogP contribution in [-0.4, -0.2) is 49.2 Å². The number of hydrogen-bond donors (Lipinski definition) is 2. The Kier molecular flexibility index (Phi) is 4.93. The lowest BCUT2D eigenvalue weighted by molar-refractivity contribution is -0.136. The second-order valence-electron chi connectivity index (χ2n) is 7.72. The highest BCUT2D eigenvalue weighted by Crippen LogP contribution is 2.35. The van der Waals surface area contributed by atoms with Gasteiger partial charge in [0.25, 0.3) is 0 Å². The normalized spacial score (nSPS) is 19.3. The highest BCUT2D eigenvalue weighted by Gasteiger charge is 2.42. The number of nitrogens with one attached hydrogen (secondary N) is 2. The Morgan fingerprint density at radius 2 is 1.81 bits per heavy atom. The van der Waals surface area contributed by atoms with Gasteiger partial charge in [0.15, 0.2) is 11.5 Å². The number of benzene rings is 2. The summed E-state index contributed by atoms with van der Waals surface area (Å²) in [5.41, 5.74) is 3.11. The highest BCUT2D eigenvalue weighted by molar-refractivity contribution is 6.00. The van der Waals surface area contributed by atoms with Crippen LogP contribution in [0.25, 0.3) is 0 Å². The molecule has 0 saturated heterocycles.